The maximum Gasteiger partial charge on any atom is 0.317 e. The summed E-state index contributed by atoms with van der Waals surface area (Å²) in [5.41, 5.74) is 0. The molecule has 22 heavy (non-hydrogen) atoms. The van der Waals surface area contributed by atoms with E-state index in [1.807, 2.05) is 43.0 Å². The van der Waals surface area contributed by atoms with Gasteiger partial charge in [0.25, 0.3) is 0 Å². The zero-order valence-electron chi connectivity index (χ0n) is 13.7. The summed E-state index contributed by atoms with van der Waals surface area (Å²) >= 11 is 0. The van der Waals surface area contributed by atoms with Crippen LogP contribution in [0.4, 0.5) is 4.79 Å². The number of carbonyl (C=O) groups is 1. The normalized spacial score (nSPS) is 19.4. The van der Waals surface area contributed by atoms with E-state index in [1.165, 1.54) is 0 Å². The molecule has 0 bridgehead atoms. The van der Waals surface area contributed by atoms with Gasteiger partial charge >= 0.3 is 6.03 Å². The van der Waals surface area contributed by atoms with Gasteiger partial charge in [0.15, 0.2) is 0 Å². The first-order chi connectivity index (χ1) is 10.6. The molecule has 0 aromatic carbocycles. The maximum atomic E-state index is 12.4. The monoisotopic (exact) mass is 309 g/mol. The lowest BCUT2D eigenvalue weighted by molar-refractivity contribution is 0.164. The Bertz CT molecular complexity index is 441. The molecule has 1 fully saturated rings. The Hall–Kier alpha value is -1.53. The number of carbonyl (C=O) groups excluding carboxylic acids is 1. The molecule has 2 heterocycles. The number of urea groups is 1. The third kappa shape index (κ3) is 4.48. The summed E-state index contributed by atoms with van der Waals surface area (Å²) in [7, 11) is 3.96. The Morgan fingerprint density at radius 3 is 2.86 bits per heavy atom. The van der Waals surface area contributed by atoms with Crippen LogP contribution in [0.25, 0.3) is 0 Å². The van der Waals surface area contributed by atoms with Crippen molar-refractivity contribution < 1.29 is 13.9 Å². The van der Waals surface area contributed by atoms with Crippen LogP contribution < -0.4 is 5.32 Å². The molecule has 2 atom stereocenters. The molecule has 2 unspecified atom stereocenters. The molecule has 1 aliphatic rings. The molecular formula is C16H27N3O3. The van der Waals surface area contributed by atoms with Gasteiger partial charge in [-0.05, 0) is 39.6 Å². The molecule has 2 amide bonds. The van der Waals surface area contributed by atoms with Crippen LogP contribution in [0.2, 0.25) is 0 Å². The van der Waals surface area contributed by atoms with Gasteiger partial charge in [0.1, 0.15) is 5.76 Å². The molecule has 0 radical (unpaired) electrons. The number of nitrogens with zero attached hydrogens (tertiary/aromatic N) is 2. The Kier molecular flexibility index (Phi) is 6.27. The first-order valence-electron chi connectivity index (χ1n) is 7.92. The van der Waals surface area contributed by atoms with E-state index in [-0.39, 0.29) is 12.1 Å². The summed E-state index contributed by atoms with van der Waals surface area (Å²) in [5, 5.41) is 3.02. The fourth-order valence-electron chi connectivity index (χ4n) is 2.71. The minimum Gasteiger partial charge on any atom is -0.468 e. The quantitative estimate of drug-likeness (QED) is 0.836. The third-order valence-corrected chi connectivity index (χ3v) is 4.11. The van der Waals surface area contributed by atoms with Crippen LogP contribution in [0.1, 0.15) is 25.1 Å². The summed E-state index contributed by atoms with van der Waals surface area (Å²) < 4.78 is 10.8. The van der Waals surface area contributed by atoms with Crippen LogP contribution in [0, 0.1) is 5.92 Å². The molecule has 1 aliphatic heterocycles. The lowest BCUT2D eigenvalue weighted by atomic mass is 10.1. The molecule has 6 nitrogen and oxygen atoms in total. The SMILES string of the molecule is CCN(CC1CCOC1)C(=O)NCC(c1ccco1)N(C)C. The molecule has 0 saturated carbocycles. The van der Waals surface area contributed by atoms with E-state index >= 15 is 0 Å². The Labute approximate surface area is 132 Å². The molecule has 0 aliphatic carbocycles. The van der Waals surface area contributed by atoms with Gasteiger partial charge in [-0.2, -0.15) is 0 Å². The van der Waals surface area contributed by atoms with Crippen LogP contribution in [-0.2, 0) is 4.74 Å². The van der Waals surface area contributed by atoms with Crippen LogP contribution >= 0.6 is 0 Å². The number of likely N-dealkylation sites (N-methyl/N-ethyl adjacent to an activating group) is 1. The minimum absolute atomic E-state index is 0.0205. The number of hydrogen-bond donors (Lipinski definition) is 1. The molecule has 1 aromatic heterocycles. The second-order valence-electron chi connectivity index (χ2n) is 5.95. The van der Waals surface area contributed by atoms with E-state index in [2.05, 4.69) is 5.32 Å². The molecule has 0 spiro atoms. The third-order valence-electron chi connectivity index (χ3n) is 4.11. The predicted molar refractivity (Wildman–Crippen MR) is 84.7 cm³/mol. The lowest BCUT2D eigenvalue weighted by Crippen LogP contribution is -2.45. The molecule has 1 aromatic rings. The summed E-state index contributed by atoms with van der Waals surface area (Å²) in [4.78, 5) is 16.3. The first kappa shape index (κ1) is 16.8. The second-order valence-corrected chi connectivity index (χ2v) is 5.95. The Morgan fingerprint density at radius 2 is 2.32 bits per heavy atom. The van der Waals surface area contributed by atoms with Gasteiger partial charge in [-0.15, -0.1) is 0 Å². The van der Waals surface area contributed by atoms with Crippen LogP contribution in [-0.4, -0.2) is 62.8 Å². The number of hydrogen-bond acceptors (Lipinski definition) is 4. The molecular weight excluding hydrogens is 282 g/mol. The summed E-state index contributed by atoms with van der Waals surface area (Å²) in [5.74, 6) is 1.32. The molecule has 1 saturated heterocycles. The Morgan fingerprint density at radius 1 is 1.50 bits per heavy atom. The van der Waals surface area contributed by atoms with Crippen molar-refractivity contribution in [3.63, 3.8) is 0 Å². The smallest absolute Gasteiger partial charge is 0.317 e. The minimum atomic E-state index is -0.0205. The molecule has 2 rings (SSSR count). The number of amides is 2. The van der Waals surface area contributed by atoms with Gasteiger partial charge in [0.2, 0.25) is 0 Å². The second kappa shape index (κ2) is 8.19. The summed E-state index contributed by atoms with van der Waals surface area (Å²) in [6, 6.07) is 3.82. The number of ether oxygens (including phenoxy) is 1. The van der Waals surface area contributed by atoms with Crippen molar-refractivity contribution in [3.05, 3.63) is 24.2 Å². The number of nitrogens with one attached hydrogen (secondary N) is 1. The molecule has 1 N–H and O–H groups in total. The van der Waals surface area contributed by atoms with Crippen LogP contribution in [0.15, 0.2) is 22.8 Å². The fraction of sp³-hybridized carbons (Fsp3) is 0.688. The van der Waals surface area contributed by atoms with Gasteiger partial charge in [-0.1, -0.05) is 0 Å². The van der Waals surface area contributed by atoms with Crippen molar-refractivity contribution in [2.24, 2.45) is 5.92 Å². The van der Waals surface area contributed by atoms with Gasteiger partial charge in [-0.3, -0.25) is 4.90 Å². The fourth-order valence-corrected chi connectivity index (χ4v) is 2.71. The average Bonchev–Trinajstić information content (AvgIpc) is 3.18. The van der Waals surface area contributed by atoms with Gasteiger partial charge < -0.3 is 19.4 Å². The van der Waals surface area contributed by atoms with Crippen LogP contribution in [0.5, 0.6) is 0 Å². The highest BCUT2D eigenvalue weighted by Gasteiger charge is 2.23. The van der Waals surface area contributed by atoms with Gasteiger partial charge in [0, 0.05) is 32.2 Å². The molecule has 124 valence electrons. The highest BCUT2D eigenvalue weighted by Crippen LogP contribution is 2.18. The zero-order chi connectivity index (χ0) is 15.9. The number of furan rings is 1. The maximum absolute atomic E-state index is 12.4. The van der Waals surface area contributed by atoms with Crippen molar-refractivity contribution >= 4 is 6.03 Å². The highest BCUT2D eigenvalue weighted by molar-refractivity contribution is 5.74. The van der Waals surface area contributed by atoms with Crippen molar-refractivity contribution in [1.29, 1.82) is 0 Å². The summed E-state index contributed by atoms with van der Waals surface area (Å²) in [6.07, 6.45) is 2.70. The topological polar surface area (TPSA) is 58.0 Å². The van der Waals surface area contributed by atoms with Crippen LogP contribution in [0.3, 0.4) is 0 Å². The standard InChI is InChI=1S/C16H27N3O3/c1-4-19(11-13-7-9-21-12-13)16(20)17-10-14(18(2)3)15-6-5-8-22-15/h5-6,8,13-14H,4,7,9-12H2,1-3H3,(H,17,20). The average molecular weight is 309 g/mol. The van der Waals surface area contributed by atoms with Crippen molar-refractivity contribution in [2.45, 2.75) is 19.4 Å². The van der Waals surface area contributed by atoms with E-state index < -0.39 is 0 Å². The van der Waals surface area contributed by atoms with Gasteiger partial charge in [0.05, 0.1) is 18.9 Å². The van der Waals surface area contributed by atoms with E-state index in [0.717, 1.165) is 31.9 Å². The largest absolute Gasteiger partial charge is 0.468 e. The molecule has 6 heteroatoms. The lowest BCUT2D eigenvalue weighted by Gasteiger charge is -2.27. The van der Waals surface area contributed by atoms with Gasteiger partial charge in [-0.25, -0.2) is 4.79 Å². The van der Waals surface area contributed by atoms with Crippen molar-refractivity contribution in [2.75, 3.05) is 46.9 Å². The number of rotatable bonds is 7. The van der Waals surface area contributed by atoms with E-state index in [4.69, 9.17) is 9.15 Å². The van der Waals surface area contributed by atoms with Crippen molar-refractivity contribution in [3.8, 4) is 0 Å². The predicted octanol–water partition coefficient (Wildman–Crippen LogP) is 1.95. The Balaban J connectivity index is 1.86. The van der Waals surface area contributed by atoms with E-state index in [9.17, 15) is 4.79 Å². The first-order valence-corrected chi connectivity index (χ1v) is 7.92. The van der Waals surface area contributed by atoms with E-state index in [1.54, 1.807) is 6.26 Å². The highest BCUT2D eigenvalue weighted by atomic mass is 16.5. The zero-order valence-corrected chi connectivity index (χ0v) is 13.7. The van der Waals surface area contributed by atoms with Crippen molar-refractivity contribution in [1.82, 2.24) is 15.1 Å². The van der Waals surface area contributed by atoms with E-state index in [0.29, 0.717) is 19.0 Å². The summed E-state index contributed by atoms with van der Waals surface area (Å²) in [6.45, 7) is 5.56.